The van der Waals surface area contributed by atoms with Gasteiger partial charge >= 0.3 is 0 Å². The van der Waals surface area contributed by atoms with Gasteiger partial charge in [0.1, 0.15) is 6.04 Å². The quantitative estimate of drug-likeness (QED) is 0.833. The summed E-state index contributed by atoms with van der Waals surface area (Å²) in [4.78, 5) is 11.6. The topological polar surface area (TPSA) is 92.5 Å². The van der Waals surface area contributed by atoms with Crippen molar-refractivity contribution in [3.63, 3.8) is 0 Å². The fraction of sp³-hybridized carbons (Fsp3) is 0.500. The van der Waals surface area contributed by atoms with Gasteiger partial charge in [0.15, 0.2) is 0 Å². The molecule has 2 rings (SSSR count). The second kappa shape index (κ2) is 6.13. The lowest BCUT2D eigenvalue weighted by molar-refractivity contribution is -0.121. The van der Waals surface area contributed by atoms with E-state index in [-0.39, 0.29) is 10.9 Å². The van der Waals surface area contributed by atoms with E-state index >= 15 is 0 Å². The first-order chi connectivity index (χ1) is 9.87. The Balaban J connectivity index is 2.38. The number of nitrogens with one attached hydrogen (secondary N) is 1. The summed E-state index contributed by atoms with van der Waals surface area (Å²) < 4.78 is 26.6. The summed E-state index contributed by atoms with van der Waals surface area (Å²) in [6.07, 6.45) is 1.14. The van der Waals surface area contributed by atoms with Crippen LogP contribution in [0.5, 0.6) is 0 Å². The molecule has 1 heterocycles. The number of primary amides is 1. The number of carbonyl (C=O) groups is 1. The van der Waals surface area contributed by atoms with Crippen LogP contribution in [-0.2, 0) is 14.8 Å². The molecule has 0 saturated carbocycles. The van der Waals surface area contributed by atoms with Gasteiger partial charge in [-0.3, -0.25) is 4.79 Å². The second-order valence-corrected chi connectivity index (χ2v) is 7.15. The maximum absolute atomic E-state index is 12.7. The predicted octanol–water partition coefficient (Wildman–Crippen LogP) is 0.605. The van der Waals surface area contributed by atoms with Crippen molar-refractivity contribution in [3.05, 3.63) is 29.8 Å². The molecule has 3 N–H and O–H groups in total. The first kappa shape index (κ1) is 15.9. The molecule has 0 spiro atoms. The van der Waals surface area contributed by atoms with Crippen LogP contribution in [0.2, 0.25) is 0 Å². The Morgan fingerprint density at radius 2 is 2.19 bits per heavy atom. The van der Waals surface area contributed by atoms with Gasteiger partial charge in [-0.15, -0.1) is 0 Å². The number of rotatable bonds is 5. The van der Waals surface area contributed by atoms with E-state index in [4.69, 9.17) is 5.73 Å². The Kier molecular flexibility index (Phi) is 4.65. The number of hydrogen-bond acceptors (Lipinski definition) is 4. The molecule has 1 fully saturated rings. The highest BCUT2D eigenvalue weighted by atomic mass is 32.2. The van der Waals surface area contributed by atoms with Gasteiger partial charge in [-0.2, -0.15) is 4.31 Å². The van der Waals surface area contributed by atoms with Crippen LogP contribution in [0, 0.1) is 0 Å². The summed E-state index contributed by atoms with van der Waals surface area (Å²) in [6.45, 7) is 2.29. The number of amides is 1. The Morgan fingerprint density at radius 1 is 1.48 bits per heavy atom. The summed E-state index contributed by atoms with van der Waals surface area (Å²) in [5.74, 6) is -0.587. The number of sulfonamides is 1. The largest absolute Gasteiger partial charge is 0.368 e. The van der Waals surface area contributed by atoms with Gasteiger partial charge in [0.2, 0.25) is 15.9 Å². The first-order valence-electron chi connectivity index (χ1n) is 6.96. The zero-order valence-corrected chi connectivity index (χ0v) is 13.1. The number of nitrogens with two attached hydrogens (primary N) is 1. The third-order valence-electron chi connectivity index (χ3n) is 3.93. The van der Waals surface area contributed by atoms with Crippen LogP contribution in [0.1, 0.15) is 31.4 Å². The monoisotopic (exact) mass is 311 g/mol. The minimum absolute atomic E-state index is 0.0469. The van der Waals surface area contributed by atoms with Crippen LogP contribution in [0.25, 0.3) is 0 Å². The van der Waals surface area contributed by atoms with Gasteiger partial charge in [-0.25, -0.2) is 8.42 Å². The van der Waals surface area contributed by atoms with Crippen LogP contribution in [0.3, 0.4) is 0 Å². The maximum atomic E-state index is 12.7. The normalized spacial score (nSPS) is 21.3. The molecule has 1 amide bonds. The third-order valence-corrected chi connectivity index (χ3v) is 5.83. The Hall–Kier alpha value is -1.44. The zero-order valence-electron chi connectivity index (χ0n) is 12.2. The fourth-order valence-corrected chi connectivity index (χ4v) is 4.28. The minimum Gasteiger partial charge on any atom is -0.368 e. The summed E-state index contributed by atoms with van der Waals surface area (Å²) >= 11 is 0. The highest BCUT2D eigenvalue weighted by Crippen LogP contribution is 2.27. The van der Waals surface area contributed by atoms with Crippen LogP contribution >= 0.6 is 0 Å². The number of benzene rings is 1. The molecule has 6 nitrogen and oxygen atoms in total. The van der Waals surface area contributed by atoms with Crippen molar-refractivity contribution in [2.45, 2.75) is 36.7 Å². The molecule has 0 radical (unpaired) electrons. The molecule has 21 heavy (non-hydrogen) atoms. The molecule has 1 aromatic carbocycles. The van der Waals surface area contributed by atoms with E-state index in [1.807, 2.05) is 20.0 Å². The predicted molar refractivity (Wildman–Crippen MR) is 80.0 cm³/mol. The Labute approximate surface area is 125 Å². The zero-order chi connectivity index (χ0) is 15.6. The molecule has 2 unspecified atom stereocenters. The van der Waals surface area contributed by atoms with Crippen molar-refractivity contribution < 1.29 is 13.2 Å². The number of nitrogens with zero attached hydrogens (tertiary/aromatic N) is 1. The molecule has 0 bridgehead atoms. The molecule has 1 aromatic rings. The number of hydrogen-bond donors (Lipinski definition) is 2. The molecule has 1 aliphatic rings. The molecule has 1 saturated heterocycles. The average molecular weight is 311 g/mol. The van der Waals surface area contributed by atoms with Crippen molar-refractivity contribution >= 4 is 15.9 Å². The highest BCUT2D eigenvalue weighted by molar-refractivity contribution is 7.89. The van der Waals surface area contributed by atoms with Crippen molar-refractivity contribution in [2.24, 2.45) is 5.73 Å². The van der Waals surface area contributed by atoms with E-state index in [9.17, 15) is 13.2 Å². The van der Waals surface area contributed by atoms with Gasteiger partial charge < -0.3 is 11.1 Å². The van der Waals surface area contributed by atoms with Crippen molar-refractivity contribution in [1.82, 2.24) is 9.62 Å². The summed E-state index contributed by atoms with van der Waals surface area (Å²) in [6, 6.07) is 6.09. The smallest absolute Gasteiger partial charge is 0.243 e. The SMILES string of the molecule is CNC(C)c1cccc(S(=O)(=O)N2CCCC2C(N)=O)c1. The van der Waals surface area contributed by atoms with E-state index in [1.165, 1.54) is 4.31 Å². The average Bonchev–Trinajstić information content (AvgIpc) is 2.97. The second-order valence-electron chi connectivity index (χ2n) is 5.26. The molecule has 0 aliphatic carbocycles. The van der Waals surface area contributed by atoms with Crippen molar-refractivity contribution in [1.29, 1.82) is 0 Å². The maximum Gasteiger partial charge on any atom is 0.243 e. The van der Waals surface area contributed by atoms with Gasteiger partial charge in [0.05, 0.1) is 4.90 Å². The molecule has 2 atom stereocenters. The van der Waals surface area contributed by atoms with Gasteiger partial charge in [0, 0.05) is 12.6 Å². The van der Waals surface area contributed by atoms with Gasteiger partial charge in [0.25, 0.3) is 0 Å². The summed E-state index contributed by atoms with van der Waals surface area (Å²) in [5.41, 5.74) is 6.19. The Morgan fingerprint density at radius 3 is 2.81 bits per heavy atom. The fourth-order valence-electron chi connectivity index (χ4n) is 2.56. The summed E-state index contributed by atoms with van der Waals surface area (Å²) in [7, 11) is -1.88. The van der Waals surface area contributed by atoms with Crippen molar-refractivity contribution in [3.8, 4) is 0 Å². The van der Waals surface area contributed by atoms with Gasteiger partial charge in [-0.05, 0) is 44.5 Å². The van der Waals surface area contributed by atoms with E-state index in [0.717, 1.165) is 5.56 Å². The van der Waals surface area contributed by atoms with Crippen LogP contribution < -0.4 is 11.1 Å². The van der Waals surface area contributed by atoms with Crippen LogP contribution in [0.4, 0.5) is 0 Å². The van der Waals surface area contributed by atoms with Crippen LogP contribution in [0.15, 0.2) is 29.2 Å². The van der Waals surface area contributed by atoms with E-state index < -0.39 is 22.0 Å². The molecule has 0 aromatic heterocycles. The molecule has 116 valence electrons. The van der Waals surface area contributed by atoms with Crippen LogP contribution in [-0.4, -0.2) is 38.3 Å². The van der Waals surface area contributed by atoms with E-state index in [1.54, 1.807) is 18.2 Å². The minimum atomic E-state index is -3.69. The lowest BCUT2D eigenvalue weighted by Crippen LogP contribution is -2.43. The standard InChI is InChI=1S/C14H21N3O3S/c1-10(16-2)11-5-3-6-12(9-11)21(19,20)17-8-4-7-13(17)14(15)18/h3,5-6,9-10,13,16H,4,7-8H2,1-2H3,(H2,15,18). The lowest BCUT2D eigenvalue weighted by atomic mass is 10.1. The van der Waals surface area contributed by atoms with Gasteiger partial charge in [-0.1, -0.05) is 12.1 Å². The van der Waals surface area contributed by atoms with E-state index in [2.05, 4.69) is 5.32 Å². The molecule has 7 heteroatoms. The number of carbonyl (C=O) groups excluding carboxylic acids is 1. The molecular formula is C14H21N3O3S. The Bertz CT molecular complexity index is 630. The highest BCUT2D eigenvalue weighted by Gasteiger charge is 2.38. The summed E-state index contributed by atoms with van der Waals surface area (Å²) in [5, 5.41) is 3.07. The lowest BCUT2D eigenvalue weighted by Gasteiger charge is -2.22. The molecular weight excluding hydrogens is 290 g/mol. The van der Waals surface area contributed by atoms with E-state index in [0.29, 0.717) is 19.4 Å². The first-order valence-corrected chi connectivity index (χ1v) is 8.40. The van der Waals surface area contributed by atoms with Crippen molar-refractivity contribution in [2.75, 3.05) is 13.6 Å². The molecule has 1 aliphatic heterocycles. The third kappa shape index (κ3) is 3.09.